The van der Waals surface area contributed by atoms with Gasteiger partial charge in [-0.3, -0.25) is 4.40 Å². The molecule has 3 aromatic rings. The van der Waals surface area contributed by atoms with E-state index in [9.17, 15) is 0 Å². The average molecular weight is 263 g/mol. The van der Waals surface area contributed by atoms with Crippen LogP contribution in [0.25, 0.3) is 5.78 Å². The first-order chi connectivity index (χ1) is 8.72. The van der Waals surface area contributed by atoms with E-state index in [1.165, 1.54) is 0 Å². The molecule has 18 heavy (non-hydrogen) atoms. The van der Waals surface area contributed by atoms with Crippen LogP contribution < -0.4 is 0 Å². The number of rotatable bonds is 3. The number of halogens is 1. The van der Waals surface area contributed by atoms with Crippen molar-refractivity contribution < 1.29 is 0 Å². The zero-order valence-electron chi connectivity index (χ0n) is 9.73. The topological polar surface area (TPSA) is 60.9 Å². The summed E-state index contributed by atoms with van der Waals surface area (Å²) in [6.45, 7) is 2.42. The molecule has 3 aromatic heterocycles. The molecular formula is C11H11ClN6. The van der Waals surface area contributed by atoms with Crippen LogP contribution in [0.15, 0.2) is 30.9 Å². The lowest BCUT2D eigenvalue weighted by molar-refractivity contribution is 0.640. The van der Waals surface area contributed by atoms with Gasteiger partial charge in [0.05, 0.1) is 23.8 Å². The largest absolute Gasteiger partial charge is 0.291 e. The van der Waals surface area contributed by atoms with E-state index in [1.54, 1.807) is 10.9 Å². The third-order valence-corrected chi connectivity index (χ3v) is 2.80. The van der Waals surface area contributed by atoms with Gasteiger partial charge in [-0.05, 0) is 13.0 Å². The molecule has 0 spiro atoms. The summed E-state index contributed by atoms with van der Waals surface area (Å²) in [5.74, 6) is 0.679. The van der Waals surface area contributed by atoms with E-state index in [0.717, 1.165) is 11.4 Å². The lowest BCUT2D eigenvalue weighted by Crippen LogP contribution is -2.00. The summed E-state index contributed by atoms with van der Waals surface area (Å²) in [7, 11) is 0. The third-order valence-electron chi connectivity index (χ3n) is 2.57. The van der Waals surface area contributed by atoms with Crippen LogP contribution in [0.4, 0.5) is 0 Å². The van der Waals surface area contributed by atoms with Crippen molar-refractivity contribution in [3.63, 3.8) is 0 Å². The highest BCUT2D eigenvalue weighted by Crippen LogP contribution is 2.15. The number of hydrogen-bond acceptors (Lipinski definition) is 4. The maximum atomic E-state index is 5.94. The van der Waals surface area contributed by atoms with E-state index in [1.807, 2.05) is 36.0 Å². The van der Waals surface area contributed by atoms with Crippen LogP contribution in [0, 0.1) is 0 Å². The molecule has 6 nitrogen and oxygen atoms in total. The molecule has 3 rings (SSSR count). The number of hydrogen-bond donors (Lipinski definition) is 0. The molecule has 0 saturated carbocycles. The molecular weight excluding hydrogens is 252 g/mol. The van der Waals surface area contributed by atoms with Crippen LogP contribution in [-0.4, -0.2) is 29.4 Å². The maximum absolute atomic E-state index is 5.94. The molecule has 0 amide bonds. The molecule has 0 saturated heterocycles. The number of fused-ring (bicyclic) bond motifs is 1. The summed E-state index contributed by atoms with van der Waals surface area (Å²) in [5, 5.41) is 7.87. The summed E-state index contributed by atoms with van der Waals surface area (Å²) in [4.78, 5) is 8.55. The minimum atomic E-state index is -0.138. The molecule has 1 atom stereocenters. The molecule has 0 aliphatic carbocycles. The van der Waals surface area contributed by atoms with Crippen molar-refractivity contribution in [1.82, 2.24) is 29.4 Å². The average Bonchev–Trinajstić information content (AvgIpc) is 2.94. The molecule has 3 heterocycles. The van der Waals surface area contributed by atoms with Crippen LogP contribution in [0.1, 0.15) is 23.7 Å². The Kier molecular flexibility index (Phi) is 2.71. The standard InChI is InChI=1S/C11H11ClN6/c1-8(12)10-7-18(16-15-10)6-9-5-17-4-2-3-13-11(17)14-9/h2-5,7-8H,6H2,1H3. The summed E-state index contributed by atoms with van der Waals surface area (Å²) in [6, 6.07) is 1.86. The van der Waals surface area contributed by atoms with Crippen molar-refractivity contribution in [3.05, 3.63) is 42.2 Å². The molecule has 7 heteroatoms. The second kappa shape index (κ2) is 4.38. The summed E-state index contributed by atoms with van der Waals surface area (Å²) in [5.41, 5.74) is 1.64. The van der Waals surface area contributed by atoms with Gasteiger partial charge >= 0.3 is 0 Å². The Morgan fingerprint density at radius 1 is 1.39 bits per heavy atom. The van der Waals surface area contributed by atoms with Crippen molar-refractivity contribution >= 4 is 17.4 Å². The minimum absolute atomic E-state index is 0.138. The SMILES string of the molecule is CC(Cl)c1cn(Cc2cn3cccnc3n2)nn1. The van der Waals surface area contributed by atoms with E-state index in [-0.39, 0.29) is 5.38 Å². The van der Waals surface area contributed by atoms with Crippen molar-refractivity contribution in [2.75, 3.05) is 0 Å². The van der Waals surface area contributed by atoms with Gasteiger partial charge in [0.15, 0.2) is 0 Å². The first-order valence-corrected chi connectivity index (χ1v) is 5.99. The van der Waals surface area contributed by atoms with E-state index in [2.05, 4.69) is 20.3 Å². The van der Waals surface area contributed by atoms with E-state index in [0.29, 0.717) is 12.3 Å². The molecule has 0 aliphatic rings. The van der Waals surface area contributed by atoms with E-state index < -0.39 is 0 Å². The summed E-state index contributed by atoms with van der Waals surface area (Å²) in [6.07, 6.45) is 7.38. The maximum Gasteiger partial charge on any atom is 0.233 e. The Morgan fingerprint density at radius 3 is 3.00 bits per heavy atom. The number of alkyl halides is 1. The Balaban J connectivity index is 1.86. The lowest BCUT2D eigenvalue weighted by atomic mass is 10.4. The molecule has 92 valence electrons. The highest BCUT2D eigenvalue weighted by molar-refractivity contribution is 6.20. The van der Waals surface area contributed by atoms with E-state index >= 15 is 0 Å². The van der Waals surface area contributed by atoms with Gasteiger partial charge in [0.25, 0.3) is 0 Å². The van der Waals surface area contributed by atoms with Crippen LogP contribution >= 0.6 is 11.6 Å². The van der Waals surface area contributed by atoms with Gasteiger partial charge in [-0.25, -0.2) is 14.6 Å². The van der Waals surface area contributed by atoms with Crippen molar-refractivity contribution in [1.29, 1.82) is 0 Å². The van der Waals surface area contributed by atoms with Gasteiger partial charge in [-0.15, -0.1) is 16.7 Å². The lowest BCUT2D eigenvalue weighted by Gasteiger charge is -1.95. The molecule has 0 radical (unpaired) electrons. The highest BCUT2D eigenvalue weighted by Gasteiger charge is 2.08. The fourth-order valence-electron chi connectivity index (χ4n) is 1.69. The van der Waals surface area contributed by atoms with Gasteiger partial charge in [0.1, 0.15) is 5.69 Å². The van der Waals surface area contributed by atoms with Gasteiger partial charge in [0, 0.05) is 18.6 Å². The van der Waals surface area contributed by atoms with Crippen LogP contribution in [-0.2, 0) is 6.54 Å². The van der Waals surface area contributed by atoms with Gasteiger partial charge in [0.2, 0.25) is 5.78 Å². The molecule has 0 fully saturated rings. The third kappa shape index (κ3) is 2.06. The Bertz CT molecular complexity index is 638. The quantitative estimate of drug-likeness (QED) is 0.674. The number of aromatic nitrogens is 6. The molecule has 1 unspecified atom stereocenters. The van der Waals surface area contributed by atoms with Gasteiger partial charge in [-0.1, -0.05) is 5.21 Å². The van der Waals surface area contributed by atoms with Crippen LogP contribution in [0.5, 0.6) is 0 Å². The first-order valence-electron chi connectivity index (χ1n) is 5.55. The van der Waals surface area contributed by atoms with Crippen molar-refractivity contribution in [2.24, 2.45) is 0 Å². The second-order valence-electron chi connectivity index (χ2n) is 4.02. The second-order valence-corrected chi connectivity index (χ2v) is 4.67. The van der Waals surface area contributed by atoms with Gasteiger partial charge < -0.3 is 0 Å². The Labute approximate surface area is 108 Å². The summed E-state index contributed by atoms with van der Waals surface area (Å²) >= 11 is 5.94. The fourth-order valence-corrected chi connectivity index (χ4v) is 1.79. The number of imidazole rings is 1. The molecule has 0 aromatic carbocycles. The highest BCUT2D eigenvalue weighted by atomic mass is 35.5. The Hall–Kier alpha value is -1.95. The summed E-state index contributed by atoms with van der Waals surface area (Å²) < 4.78 is 3.59. The predicted octanol–water partition coefficient (Wildman–Crippen LogP) is 1.67. The molecule has 0 aliphatic heterocycles. The normalized spacial score (nSPS) is 13.0. The monoisotopic (exact) mass is 262 g/mol. The van der Waals surface area contributed by atoms with E-state index in [4.69, 9.17) is 11.6 Å². The van der Waals surface area contributed by atoms with Crippen molar-refractivity contribution in [2.45, 2.75) is 18.8 Å². The van der Waals surface area contributed by atoms with Crippen LogP contribution in [0.3, 0.4) is 0 Å². The zero-order chi connectivity index (χ0) is 12.5. The Morgan fingerprint density at radius 2 is 2.28 bits per heavy atom. The zero-order valence-corrected chi connectivity index (χ0v) is 10.5. The van der Waals surface area contributed by atoms with Crippen LogP contribution in [0.2, 0.25) is 0 Å². The fraction of sp³-hybridized carbons (Fsp3) is 0.273. The van der Waals surface area contributed by atoms with Gasteiger partial charge in [-0.2, -0.15) is 0 Å². The molecule has 0 N–H and O–H groups in total. The molecule has 0 bridgehead atoms. The minimum Gasteiger partial charge on any atom is -0.291 e. The first kappa shape index (κ1) is 11.2. The predicted molar refractivity (Wildman–Crippen MR) is 66.4 cm³/mol. The number of nitrogens with zero attached hydrogens (tertiary/aromatic N) is 6. The van der Waals surface area contributed by atoms with Crippen molar-refractivity contribution in [3.8, 4) is 0 Å². The smallest absolute Gasteiger partial charge is 0.233 e.